The second kappa shape index (κ2) is 5.36. The number of rotatable bonds is 2. The molecule has 24 heavy (non-hydrogen) atoms. The van der Waals surface area contributed by atoms with Crippen LogP contribution in [-0.2, 0) is 11.2 Å². The zero-order valence-corrected chi connectivity index (χ0v) is 16.7. The molecule has 2 aromatic rings. The van der Waals surface area contributed by atoms with Crippen molar-refractivity contribution in [2.24, 2.45) is 0 Å². The third kappa shape index (κ3) is 2.06. The summed E-state index contributed by atoms with van der Waals surface area (Å²) in [7, 11) is 0. The van der Waals surface area contributed by atoms with E-state index in [9.17, 15) is 9.59 Å². The van der Waals surface area contributed by atoms with Crippen LogP contribution in [-0.4, -0.2) is 37.6 Å². The quantitative estimate of drug-likeness (QED) is 0.737. The number of benzene rings is 1. The monoisotopic (exact) mass is 434 g/mol. The number of aromatic nitrogens is 1. The number of imide groups is 1. The molecule has 0 radical (unpaired) electrons. The molecule has 0 saturated carbocycles. The summed E-state index contributed by atoms with van der Waals surface area (Å²) in [5.74, 6) is -0.228. The summed E-state index contributed by atoms with van der Waals surface area (Å²) in [6.07, 6.45) is 4.97. The van der Waals surface area contributed by atoms with Gasteiger partial charge in [0.1, 0.15) is 0 Å². The number of carbonyl (C=O) groups excluding carboxylic acids is 2. The molecule has 0 atom stereocenters. The Morgan fingerprint density at radius 3 is 2.75 bits per heavy atom. The number of thioether (sulfide) groups is 1. The Morgan fingerprint density at radius 1 is 1.12 bits per heavy atom. The zero-order chi connectivity index (χ0) is 16.3. The van der Waals surface area contributed by atoms with Crippen molar-refractivity contribution in [3.63, 3.8) is 0 Å². The molecule has 0 spiro atoms. The van der Waals surface area contributed by atoms with Gasteiger partial charge in [-0.3, -0.25) is 0 Å². The Hall–Kier alpha value is -1.79. The SMILES string of the molecule is O=C1NC(=O)/C(=[C]2\c3ccc[c]4c3C=[C](Cc3ccccn3)[In]24)S1. The summed E-state index contributed by atoms with van der Waals surface area (Å²) in [6.45, 7) is 0. The van der Waals surface area contributed by atoms with E-state index in [1.54, 1.807) is 0 Å². The van der Waals surface area contributed by atoms with Crippen molar-refractivity contribution in [2.45, 2.75) is 6.42 Å². The number of nitrogens with zero attached hydrogens (tertiary/aromatic N) is 1. The van der Waals surface area contributed by atoms with E-state index in [2.05, 4.69) is 34.6 Å². The molecule has 4 heterocycles. The molecule has 4 bridgehead atoms. The molecular weight excluding hydrogens is 423 g/mol. The van der Waals surface area contributed by atoms with Crippen molar-refractivity contribution < 1.29 is 9.59 Å². The first-order valence-corrected chi connectivity index (χ1v) is 13.5. The van der Waals surface area contributed by atoms with Crippen LogP contribution in [0.2, 0.25) is 0 Å². The fourth-order valence-corrected chi connectivity index (χ4v) is 16.2. The number of amides is 2. The van der Waals surface area contributed by atoms with Gasteiger partial charge in [-0.2, -0.15) is 0 Å². The molecule has 1 saturated heterocycles. The third-order valence-electron chi connectivity index (χ3n) is 4.70. The number of hydrogen-bond acceptors (Lipinski definition) is 4. The van der Waals surface area contributed by atoms with Gasteiger partial charge in [-0.05, 0) is 0 Å². The van der Waals surface area contributed by atoms with Gasteiger partial charge in [0.25, 0.3) is 0 Å². The minimum atomic E-state index is -2.49. The molecule has 3 aliphatic heterocycles. The average Bonchev–Trinajstić information content (AvgIpc) is 3.14. The van der Waals surface area contributed by atoms with Crippen LogP contribution >= 0.6 is 11.8 Å². The van der Waals surface area contributed by atoms with Gasteiger partial charge in [-0.15, -0.1) is 0 Å². The number of allylic oxidation sites excluding steroid dienone is 1. The number of hydrogen-bond donors (Lipinski definition) is 1. The van der Waals surface area contributed by atoms with Crippen molar-refractivity contribution in [3.05, 3.63) is 67.7 Å². The minimum absolute atomic E-state index is 0.228. The number of carbonyl (C=O) groups is 2. The van der Waals surface area contributed by atoms with Crippen LogP contribution in [0.25, 0.3) is 9.41 Å². The second-order valence-electron chi connectivity index (χ2n) is 6.05. The second-order valence-corrected chi connectivity index (χ2v) is 15.0. The first-order valence-electron chi connectivity index (χ1n) is 7.73. The van der Waals surface area contributed by atoms with Gasteiger partial charge >= 0.3 is 151 Å². The van der Waals surface area contributed by atoms with Gasteiger partial charge in [-0.25, -0.2) is 0 Å². The molecule has 4 nitrogen and oxygen atoms in total. The van der Waals surface area contributed by atoms with Crippen molar-refractivity contribution >= 4 is 57.1 Å². The molecule has 0 aliphatic carbocycles. The van der Waals surface area contributed by atoms with E-state index in [4.69, 9.17) is 0 Å². The molecular formula is C18H11InN2O2S. The normalized spacial score (nSPS) is 20.7. The van der Waals surface area contributed by atoms with Crippen LogP contribution in [0.15, 0.2) is 50.8 Å². The maximum absolute atomic E-state index is 12.2. The Labute approximate surface area is 150 Å². The molecule has 1 fully saturated rings. The molecule has 2 amide bonds. The molecule has 114 valence electrons. The van der Waals surface area contributed by atoms with E-state index in [-0.39, 0.29) is 11.1 Å². The number of nitrogens with one attached hydrogen (secondary N) is 1. The van der Waals surface area contributed by atoms with Crippen LogP contribution in [0.1, 0.15) is 16.8 Å². The molecule has 1 N–H and O–H groups in total. The van der Waals surface area contributed by atoms with E-state index < -0.39 is 21.4 Å². The molecule has 5 rings (SSSR count). The van der Waals surface area contributed by atoms with Gasteiger partial charge in [-0.1, -0.05) is 0 Å². The number of pyridine rings is 1. The summed E-state index contributed by atoms with van der Waals surface area (Å²) in [4.78, 5) is 28.9. The molecule has 6 heteroatoms. The van der Waals surface area contributed by atoms with Crippen LogP contribution in [0.3, 0.4) is 0 Å². The molecule has 1 aromatic carbocycles. The molecule has 3 aliphatic rings. The Balaban J connectivity index is 1.63. The van der Waals surface area contributed by atoms with E-state index in [1.807, 2.05) is 24.4 Å². The first-order chi connectivity index (χ1) is 11.7. The van der Waals surface area contributed by atoms with Crippen LogP contribution in [0.4, 0.5) is 4.79 Å². The van der Waals surface area contributed by atoms with Gasteiger partial charge in [0.15, 0.2) is 0 Å². The van der Waals surface area contributed by atoms with Gasteiger partial charge in [0, 0.05) is 0 Å². The Morgan fingerprint density at radius 2 is 2.04 bits per heavy atom. The van der Waals surface area contributed by atoms with Crippen molar-refractivity contribution in [1.82, 2.24) is 10.3 Å². The zero-order valence-electron chi connectivity index (χ0n) is 12.6. The van der Waals surface area contributed by atoms with Crippen molar-refractivity contribution in [2.75, 3.05) is 0 Å². The van der Waals surface area contributed by atoms with Crippen LogP contribution < -0.4 is 8.64 Å². The van der Waals surface area contributed by atoms with E-state index in [1.165, 1.54) is 21.1 Å². The summed E-state index contributed by atoms with van der Waals surface area (Å²) in [5, 5.41) is 2.15. The Kier molecular flexibility index (Phi) is 3.25. The average molecular weight is 434 g/mol. The van der Waals surface area contributed by atoms with Crippen molar-refractivity contribution in [3.8, 4) is 0 Å². The fraction of sp³-hybridized carbons (Fsp3) is 0.0556. The summed E-state index contributed by atoms with van der Waals surface area (Å²) in [6, 6.07) is 12.3. The summed E-state index contributed by atoms with van der Waals surface area (Å²) in [5.41, 5.74) is 3.51. The summed E-state index contributed by atoms with van der Waals surface area (Å²) >= 11 is -1.42. The predicted molar refractivity (Wildman–Crippen MR) is 95.8 cm³/mol. The fourth-order valence-electron chi connectivity index (χ4n) is 3.81. The van der Waals surface area contributed by atoms with Gasteiger partial charge in [0.2, 0.25) is 0 Å². The standard InChI is InChI=1S/C18H11N2O2S.In/c21-17-16(23-18(22)20-17)12-14-7-2-1-6-13(14)8-5-10-15-9-3-4-11-19-15;/h1-4,7-9,11H,10H2,(H,20,21,22);. The van der Waals surface area contributed by atoms with E-state index in [0.717, 1.165) is 23.9 Å². The van der Waals surface area contributed by atoms with Crippen molar-refractivity contribution in [1.29, 1.82) is 0 Å². The molecule has 0 unspecified atom stereocenters. The Bertz CT molecular complexity index is 982. The maximum atomic E-state index is 12.2. The summed E-state index contributed by atoms with van der Waals surface area (Å²) < 4.78 is 4.07. The topological polar surface area (TPSA) is 59.1 Å². The van der Waals surface area contributed by atoms with Gasteiger partial charge in [0.05, 0.1) is 0 Å². The van der Waals surface area contributed by atoms with Crippen LogP contribution in [0, 0.1) is 0 Å². The van der Waals surface area contributed by atoms with Crippen LogP contribution in [0.5, 0.6) is 0 Å². The third-order valence-corrected chi connectivity index (χ3v) is 15.9. The first kappa shape index (κ1) is 14.5. The predicted octanol–water partition coefficient (Wildman–Crippen LogP) is 2.21. The molecule has 1 aromatic heterocycles. The van der Waals surface area contributed by atoms with Gasteiger partial charge < -0.3 is 0 Å². The van der Waals surface area contributed by atoms with E-state index in [0.29, 0.717) is 4.91 Å². The van der Waals surface area contributed by atoms with E-state index >= 15 is 0 Å².